The predicted molar refractivity (Wildman–Crippen MR) is 96.8 cm³/mol. The van der Waals surface area contributed by atoms with Crippen LogP contribution in [-0.4, -0.2) is 31.9 Å². The van der Waals surface area contributed by atoms with E-state index >= 15 is 0 Å². The summed E-state index contributed by atoms with van der Waals surface area (Å²) in [5.41, 5.74) is 2.18. The monoisotopic (exact) mass is 341 g/mol. The van der Waals surface area contributed by atoms with Crippen molar-refractivity contribution >= 4 is 5.91 Å². The molecule has 1 N–H and O–H groups in total. The number of hydrogen-bond donors (Lipinski definition) is 1. The fourth-order valence-corrected chi connectivity index (χ4v) is 3.53. The molecule has 0 bridgehead atoms. The molecule has 1 unspecified atom stereocenters. The smallest absolute Gasteiger partial charge is 0.217 e. The first kappa shape index (κ1) is 17.6. The number of likely N-dealkylation sites (tertiary alicyclic amines) is 1. The van der Waals surface area contributed by atoms with Gasteiger partial charge in [-0.3, -0.25) is 14.7 Å². The van der Waals surface area contributed by atoms with Crippen molar-refractivity contribution in [1.82, 2.24) is 24.8 Å². The van der Waals surface area contributed by atoms with E-state index in [1.165, 1.54) is 18.9 Å². The van der Waals surface area contributed by atoms with Gasteiger partial charge in [0.25, 0.3) is 0 Å². The van der Waals surface area contributed by atoms with E-state index in [0.29, 0.717) is 18.6 Å². The molecule has 1 amide bonds. The lowest BCUT2D eigenvalue weighted by Gasteiger charge is -2.25. The van der Waals surface area contributed by atoms with Crippen LogP contribution in [0.5, 0.6) is 0 Å². The fraction of sp³-hybridized carbons (Fsp3) is 0.526. The van der Waals surface area contributed by atoms with Gasteiger partial charge in [-0.05, 0) is 50.9 Å². The largest absolute Gasteiger partial charge is 0.351 e. The van der Waals surface area contributed by atoms with E-state index in [4.69, 9.17) is 0 Å². The molecule has 0 aromatic carbocycles. The number of imidazole rings is 1. The predicted octanol–water partition coefficient (Wildman–Crippen LogP) is 2.83. The van der Waals surface area contributed by atoms with Gasteiger partial charge < -0.3 is 9.88 Å². The molecule has 25 heavy (non-hydrogen) atoms. The van der Waals surface area contributed by atoms with Crippen LogP contribution in [0.15, 0.2) is 30.7 Å². The maximum absolute atomic E-state index is 11.1. The van der Waals surface area contributed by atoms with Gasteiger partial charge in [0, 0.05) is 37.6 Å². The maximum Gasteiger partial charge on any atom is 0.217 e. The highest BCUT2D eigenvalue weighted by Gasteiger charge is 2.27. The molecular formula is C19H27N5O. The van der Waals surface area contributed by atoms with E-state index in [0.717, 1.165) is 31.0 Å². The first-order valence-electron chi connectivity index (χ1n) is 8.99. The number of carbonyl (C=O) groups excluding carboxylic acids is 1. The topological polar surface area (TPSA) is 63.1 Å². The lowest BCUT2D eigenvalue weighted by atomic mass is 10.0. The van der Waals surface area contributed by atoms with Crippen molar-refractivity contribution in [2.45, 2.75) is 58.8 Å². The van der Waals surface area contributed by atoms with Crippen molar-refractivity contribution in [3.63, 3.8) is 0 Å². The van der Waals surface area contributed by atoms with Crippen LogP contribution in [0.25, 0.3) is 0 Å². The van der Waals surface area contributed by atoms with Gasteiger partial charge in [-0.15, -0.1) is 0 Å². The van der Waals surface area contributed by atoms with E-state index in [9.17, 15) is 4.79 Å². The molecule has 134 valence electrons. The molecule has 0 aliphatic carbocycles. The second kappa shape index (κ2) is 7.78. The summed E-state index contributed by atoms with van der Waals surface area (Å²) in [6.07, 6.45) is 8.13. The van der Waals surface area contributed by atoms with Crippen molar-refractivity contribution in [3.05, 3.63) is 47.8 Å². The molecule has 0 saturated carbocycles. The SMILES string of the molecule is CC(=O)NCc1cc(C2CCCN2Cc2nccn2C(C)C)ccn1. The van der Waals surface area contributed by atoms with E-state index in [1.807, 2.05) is 12.4 Å². The Bertz CT molecular complexity index is 724. The molecule has 1 aliphatic rings. The van der Waals surface area contributed by atoms with E-state index < -0.39 is 0 Å². The van der Waals surface area contributed by atoms with Gasteiger partial charge in [-0.2, -0.15) is 0 Å². The van der Waals surface area contributed by atoms with Gasteiger partial charge in [0.2, 0.25) is 5.91 Å². The Morgan fingerprint density at radius 2 is 2.20 bits per heavy atom. The van der Waals surface area contributed by atoms with E-state index in [-0.39, 0.29) is 5.91 Å². The van der Waals surface area contributed by atoms with Crippen LogP contribution >= 0.6 is 0 Å². The summed E-state index contributed by atoms with van der Waals surface area (Å²) in [6.45, 7) is 8.32. The van der Waals surface area contributed by atoms with Crippen LogP contribution in [-0.2, 0) is 17.9 Å². The number of rotatable bonds is 6. The average Bonchev–Trinajstić information content (AvgIpc) is 3.23. The summed E-state index contributed by atoms with van der Waals surface area (Å²) in [4.78, 5) is 22.5. The number of aromatic nitrogens is 3. The number of nitrogens with zero attached hydrogens (tertiary/aromatic N) is 4. The summed E-state index contributed by atoms with van der Waals surface area (Å²) in [6, 6.07) is 5.02. The Hall–Kier alpha value is -2.21. The molecule has 1 fully saturated rings. The number of amides is 1. The van der Waals surface area contributed by atoms with Crippen molar-refractivity contribution < 1.29 is 4.79 Å². The molecule has 0 radical (unpaired) electrons. The summed E-state index contributed by atoms with van der Waals surface area (Å²) >= 11 is 0. The third-order valence-electron chi connectivity index (χ3n) is 4.76. The van der Waals surface area contributed by atoms with Gasteiger partial charge in [0.05, 0.1) is 18.8 Å². The molecule has 0 spiro atoms. The van der Waals surface area contributed by atoms with Gasteiger partial charge >= 0.3 is 0 Å². The molecule has 1 aliphatic heterocycles. The van der Waals surface area contributed by atoms with Crippen LogP contribution in [0.1, 0.15) is 62.8 Å². The Morgan fingerprint density at radius 3 is 2.96 bits per heavy atom. The van der Waals surface area contributed by atoms with E-state index in [2.05, 4.69) is 56.9 Å². The number of carbonyl (C=O) groups is 1. The highest BCUT2D eigenvalue weighted by molar-refractivity contribution is 5.72. The van der Waals surface area contributed by atoms with Crippen LogP contribution in [0, 0.1) is 0 Å². The zero-order valence-corrected chi connectivity index (χ0v) is 15.3. The number of pyridine rings is 1. The lowest BCUT2D eigenvalue weighted by Crippen LogP contribution is -2.25. The third-order valence-corrected chi connectivity index (χ3v) is 4.76. The minimum Gasteiger partial charge on any atom is -0.351 e. The molecular weight excluding hydrogens is 314 g/mol. The zero-order valence-electron chi connectivity index (χ0n) is 15.3. The number of hydrogen-bond acceptors (Lipinski definition) is 4. The average molecular weight is 341 g/mol. The van der Waals surface area contributed by atoms with E-state index in [1.54, 1.807) is 0 Å². The highest BCUT2D eigenvalue weighted by Crippen LogP contribution is 2.33. The van der Waals surface area contributed by atoms with Crippen LogP contribution in [0.4, 0.5) is 0 Å². The molecule has 1 saturated heterocycles. The first-order valence-corrected chi connectivity index (χ1v) is 8.99. The zero-order chi connectivity index (χ0) is 17.8. The van der Waals surface area contributed by atoms with Gasteiger partial charge in [-0.25, -0.2) is 4.98 Å². The molecule has 2 aromatic heterocycles. The van der Waals surface area contributed by atoms with Crippen LogP contribution in [0.2, 0.25) is 0 Å². The molecule has 1 atom stereocenters. The summed E-state index contributed by atoms with van der Waals surface area (Å²) in [5.74, 6) is 1.09. The molecule has 6 nitrogen and oxygen atoms in total. The standard InChI is InChI=1S/C19H27N5O/c1-14(2)24-10-8-21-19(24)13-23-9-4-5-18(23)16-6-7-20-17(11-16)12-22-15(3)25/h6-8,10-11,14,18H,4-5,9,12-13H2,1-3H3,(H,22,25). The van der Waals surface area contributed by atoms with Crippen molar-refractivity contribution in [2.24, 2.45) is 0 Å². The van der Waals surface area contributed by atoms with Crippen molar-refractivity contribution in [1.29, 1.82) is 0 Å². The van der Waals surface area contributed by atoms with Crippen LogP contribution < -0.4 is 5.32 Å². The van der Waals surface area contributed by atoms with Crippen molar-refractivity contribution in [3.8, 4) is 0 Å². The third kappa shape index (κ3) is 4.25. The van der Waals surface area contributed by atoms with Crippen molar-refractivity contribution in [2.75, 3.05) is 6.54 Å². The maximum atomic E-state index is 11.1. The van der Waals surface area contributed by atoms with Gasteiger partial charge in [0.15, 0.2) is 0 Å². The second-order valence-electron chi connectivity index (χ2n) is 6.96. The first-order chi connectivity index (χ1) is 12.0. The van der Waals surface area contributed by atoms with Gasteiger partial charge in [0.1, 0.15) is 5.82 Å². The fourth-order valence-electron chi connectivity index (χ4n) is 3.53. The lowest BCUT2D eigenvalue weighted by molar-refractivity contribution is -0.119. The second-order valence-corrected chi connectivity index (χ2v) is 6.96. The molecule has 3 rings (SSSR count). The Kier molecular flexibility index (Phi) is 5.48. The Labute approximate surface area is 149 Å². The molecule has 2 aromatic rings. The molecule has 3 heterocycles. The van der Waals surface area contributed by atoms with Crippen LogP contribution in [0.3, 0.4) is 0 Å². The summed E-state index contributed by atoms with van der Waals surface area (Å²) in [5, 5.41) is 2.82. The summed E-state index contributed by atoms with van der Waals surface area (Å²) in [7, 11) is 0. The normalized spacial score (nSPS) is 18.0. The minimum absolute atomic E-state index is 0.0322. The Balaban J connectivity index is 1.74. The molecule has 6 heteroatoms. The summed E-state index contributed by atoms with van der Waals surface area (Å²) < 4.78 is 2.24. The van der Waals surface area contributed by atoms with Gasteiger partial charge in [-0.1, -0.05) is 0 Å². The highest BCUT2D eigenvalue weighted by atomic mass is 16.1. The quantitative estimate of drug-likeness (QED) is 0.877. The minimum atomic E-state index is -0.0322. The Morgan fingerprint density at radius 1 is 1.36 bits per heavy atom. The number of nitrogens with one attached hydrogen (secondary N) is 1.